The van der Waals surface area contributed by atoms with Crippen LogP contribution < -0.4 is 0 Å². The third kappa shape index (κ3) is 4.89. The summed E-state index contributed by atoms with van der Waals surface area (Å²) in [6.45, 7) is 8.39. The molecule has 0 saturated heterocycles. The van der Waals surface area contributed by atoms with E-state index < -0.39 is 5.97 Å². The molecule has 0 spiro atoms. The normalized spacial score (nSPS) is 13.6. The topological polar surface area (TPSA) is 37.3 Å². The van der Waals surface area contributed by atoms with E-state index in [1.807, 2.05) is 0 Å². The molecule has 0 heterocycles. The molecule has 0 aromatic carbocycles. The monoisotopic (exact) mass is 218 g/mol. The molecule has 0 amide bonds. The average molecular weight is 218 g/mol. The van der Waals surface area contributed by atoms with Gasteiger partial charge in [-0.2, -0.15) is 0 Å². The van der Waals surface area contributed by atoms with Crippen LogP contribution in [0.25, 0.3) is 0 Å². The highest BCUT2D eigenvalue weighted by atomic mass is 32.2. The van der Waals surface area contributed by atoms with Crippen LogP contribution in [0.15, 0.2) is 0 Å². The zero-order valence-electron chi connectivity index (χ0n) is 9.62. The summed E-state index contributed by atoms with van der Waals surface area (Å²) in [5.74, 6) is 1.17. The van der Waals surface area contributed by atoms with E-state index in [4.69, 9.17) is 5.11 Å². The summed E-state index contributed by atoms with van der Waals surface area (Å²) in [6, 6.07) is 0. The van der Waals surface area contributed by atoms with Crippen LogP contribution in [0.5, 0.6) is 0 Å². The third-order valence-corrected chi connectivity index (χ3v) is 4.13. The summed E-state index contributed by atoms with van der Waals surface area (Å²) in [7, 11) is 0. The summed E-state index contributed by atoms with van der Waals surface area (Å²) in [5, 5.41) is 8.88. The molecule has 1 unspecified atom stereocenters. The van der Waals surface area contributed by atoms with Gasteiger partial charge < -0.3 is 5.11 Å². The maximum absolute atomic E-state index is 11.1. The zero-order chi connectivity index (χ0) is 11.1. The Morgan fingerprint density at radius 2 is 1.79 bits per heavy atom. The minimum Gasteiger partial charge on any atom is -0.480 e. The molecule has 0 fully saturated rings. The van der Waals surface area contributed by atoms with Gasteiger partial charge in [-0.05, 0) is 17.6 Å². The van der Waals surface area contributed by atoms with E-state index in [2.05, 4.69) is 27.7 Å². The minimum absolute atomic E-state index is 0.215. The van der Waals surface area contributed by atoms with Crippen molar-refractivity contribution >= 4 is 17.7 Å². The lowest BCUT2D eigenvalue weighted by molar-refractivity contribution is -0.137. The molecule has 14 heavy (non-hydrogen) atoms. The van der Waals surface area contributed by atoms with Crippen molar-refractivity contribution in [3.8, 4) is 0 Å². The molecule has 84 valence electrons. The van der Waals surface area contributed by atoms with Crippen LogP contribution in [-0.4, -0.2) is 22.1 Å². The Morgan fingerprint density at radius 1 is 1.29 bits per heavy atom. The smallest absolute Gasteiger partial charge is 0.316 e. The average Bonchev–Trinajstić information content (AvgIpc) is 2.11. The Hall–Kier alpha value is -0.180. The fraction of sp³-hybridized carbons (Fsp3) is 0.909. The Bertz CT molecular complexity index is 165. The summed E-state index contributed by atoms with van der Waals surface area (Å²) >= 11 is 1.60. The minimum atomic E-state index is -0.649. The quantitative estimate of drug-likeness (QED) is 0.712. The van der Waals surface area contributed by atoms with Gasteiger partial charge in [-0.15, -0.1) is 11.8 Å². The summed E-state index contributed by atoms with van der Waals surface area (Å²) < 4.78 is 0. The van der Waals surface area contributed by atoms with Crippen LogP contribution >= 0.6 is 11.8 Å². The second kappa shape index (κ2) is 7.16. The van der Waals surface area contributed by atoms with Gasteiger partial charge in [-0.25, -0.2) is 0 Å². The number of carboxylic acid groups (broad SMARTS) is 1. The highest BCUT2D eigenvalue weighted by molar-refractivity contribution is 8.00. The first-order chi connectivity index (χ1) is 6.52. The molecule has 0 aliphatic heterocycles. The molecule has 3 heteroatoms. The molecule has 0 bridgehead atoms. The van der Waals surface area contributed by atoms with Gasteiger partial charge in [0.05, 0.1) is 0 Å². The van der Waals surface area contributed by atoms with E-state index >= 15 is 0 Å². The highest BCUT2D eigenvalue weighted by Gasteiger charge is 2.25. The predicted octanol–water partition coefficient (Wildman–Crippen LogP) is 3.27. The third-order valence-electron chi connectivity index (χ3n) is 2.33. The van der Waals surface area contributed by atoms with Gasteiger partial charge in [0.1, 0.15) is 5.25 Å². The van der Waals surface area contributed by atoms with Crippen LogP contribution in [0.2, 0.25) is 0 Å². The summed E-state index contributed by atoms with van der Waals surface area (Å²) in [4.78, 5) is 11.1. The number of thioether (sulfide) groups is 1. The van der Waals surface area contributed by atoms with Gasteiger partial charge >= 0.3 is 5.97 Å². The first-order valence-corrected chi connectivity index (χ1v) is 6.42. The molecule has 2 nitrogen and oxygen atoms in total. The fourth-order valence-corrected chi connectivity index (χ4v) is 2.81. The molecule has 0 aliphatic rings. The SMILES string of the molecule is CCC(CC)C(SCC(C)C)C(=O)O. The summed E-state index contributed by atoms with van der Waals surface area (Å²) in [5.41, 5.74) is 0. The molecule has 0 aromatic heterocycles. The van der Waals surface area contributed by atoms with Crippen molar-refractivity contribution in [1.29, 1.82) is 0 Å². The predicted molar refractivity (Wildman–Crippen MR) is 62.8 cm³/mol. The second-order valence-corrected chi connectivity index (χ2v) is 5.24. The summed E-state index contributed by atoms with van der Waals surface area (Å²) in [6.07, 6.45) is 1.91. The van der Waals surface area contributed by atoms with E-state index in [1.54, 1.807) is 11.8 Å². The van der Waals surface area contributed by atoms with Crippen molar-refractivity contribution < 1.29 is 9.90 Å². The van der Waals surface area contributed by atoms with Crippen molar-refractivity contribution in [2.45, 2.75) is 45.8 Å². The van der Waals surface area contributed by atoms with Gasteiger partial charge in [-0.1, -0.05) is 40.5 Å². The molecule has 0 radical (unpaired) electrons. The van der Waals surface area contributed by atoms with Gasteiger partial charge in [0, 0.05) is 0 Å². The number of carboxylic acids is 1. The van der Waals surface area contributed by atoms with Crippen LogP contribution in [0.4, 0.5) is 0 Å². The van der Waals surface area contributed by atoms with Crippen molar-refractivity contribution in [2.24, 2.45) is 11.8 Å². The van der Waals surface area contributed by atoms with E-state index in [0.29, 0.717) is 11.8 Å². The van der Waals surface area contributed by atoms with E-state index in [1.165, 1.54) is 0 Å². The van der Waals surface area contributed by atoms with Crippen molar-refractivity contribution in [2.75, 3.05) is 5.75 Å². The molecule has 0 saturated carbocycles. The lowest BCUT2D eigenvalue weighted by atomic mass is 9.99. The molecular weight excluding hydrogens is 196 g/mol. The number of rotatable bonds is 7. The Balaban J connectivity index is 4.20. The molecule has 0 aliphatic carbocycles. The zero-order valence-corrected chi connectivity index (χ0v) is 10.4. The van der Waals surface area contributed by atoms with Crippen LogP contribution in [-0.2, 0) is 4.79 Å². The maximum Gasteiger partial charge on any atom is 0.316 e. The lowest BCUT2D eigenvalue weighted by Crippen LogP contribution is -2.26. The van der Waals surface area contributed by atoms with Crippen molar-refractivity contribution in [3.63, 3.8) is 0 Å². The van der Waals surface area contributed by atoms with E-state index in [-0.39, 0.29) is 5.25 Å². The van der Waals surface area contributed by atoms with Crippen LogP contribution in [0, 0.1) is 11.8 Å². The van der Waals surface area contributed by atoms with Gasteiger partial charge in [0.25, 0.3) is 0 Å². The molecule has 1 N–H and O–H groups in total. The Morgan fingerprint density at radius 3 is 2.07 bits per heavy atom. The molecular formula is C11H22O2S. The van der Waals surface area contributed by atoms with Crippen molar-refractivity contribution in [3.05, 3.63) is 0 Å². The first-order valence-electron chi connectivity index (χ1n) is 5.37. The van der Waals surface area contributed by atoms with Crippen LogP contribution in [0.3, 0.4) is 0 Å². The van der Waals surface area contributed by atoms with Gasteiger partial charge in [0.15, 0.2) is 0 Å². The highest BCUT2D eigenvalue weighted by Crippen LogP contribution is 2.26. The van der Waals surface area contributed by atoms with E-state index in [0.717, 1.165) is 18.6 Å². The molecule has 0 aromatic rings. The fourth-order valence-electron chi connectivity index (χ4n) is 1.42. The van der Waals surface area contributed by atoms with Crippen LogP contribution in [0.1, 0.15) is 40.5 Å². The van der Waals surface area contributed by atoms with Crippen molar-refractivity contribution in [1.82, 2.24) is 0 Å². The number of carbonyl (C=O) groups is 1. The van der Waals surface area contributed by atoms with Gasteiger partial charge in [0.2, 0.25) is 0 Å². The van der Waals surface area contributed by atoms with E-state index in [9.17, 15) is 4.79 Å². The maximum atomic E-state index is 11.1. The Kier molecular flexibility index (Phi) is 7.06. The standard InChI is InChI=1S/C11H22O2S/c1-5-9(6-2)10(11(12)13)14-7-8(3)4/h8-10H,5-7H2,1-4H3,(H,12,13). The van der Waals surface area contributed by atoms with Gasteiger partial charge in [-0.3, -0.25) is 4.79 Å². The molecule has 1 atom stereocenters. The second-order valence-electron chi connectivity index (χ2n) is 4.06. The Labute approximate surface area is 91.5 Å². The lowest BCUT2D eigenvalue weighted by Gasteiger charge is -2.21. The number of hydrogen-bond donors (Lipinski definition) is 1. The number of aliphatic carboxylic acids is 1. The first kappa shape index (κ1) is 13.8. The molecule has 0 rings (SSSR count). The number of hydrogen-bond acceptors (Lipinski definition) is 2. The largest absolute Gasteiger partial charge is 0.480 e.